The third-order valence-corrected chi connectivity index (χ3v) is 6.71. The number of carbonyl (C=O) groups excluding carboxylic acids is 1. The van der Waals surface area contributed by atoms with Crippen LogP contribution in [0.2, 0.25) is 0 Å². The first kappa shape index (κ1) is 26.1. The average molecular weight is 561 g/mol. The molecule has 0 fully saturated rings. The Morgan fingerprint density at radius 2 is 1.46 bits per heavy atom. The van der Waals surface area contributed by atoms with Gasteiger partial charge in [0.25, 0.3) is 10.0 Å². The molecule has 4 aromatic rings. The first-order valence-electron chi connectivity index (χ1n) is 10.2. The molecule has 1 heterocycles. The van der Waals surface area contributed by atoms with Crippen LogP contribution in [0, 0.1) is 0 Å². The zero-order valence-electron chi connectivity index (χ0n) is 18.5. The number of aromatic nitrogens is 1. The van der Waals surface area contributed by atoms with Gasteiger partial charge in [-0.25, -0.2) is 9.78 Å². The zero-order valence-corrected chi connectivity index (χ0v) is 21.0. The number of nitrogens with zero attached hydrogens (tertiary/aromatic N) is 2. The SMILES string of the molecule is Br.CON(C(=O)Oc1c2ccccc2nc2ccccc12)S(=O)(=O)c1ccc(CCC(=O)O)cc1. The lowest BCUT2D eigenvalue weighted by molar-refractivity contribution is -0.136. The van der Waals surface area contributed by atoms with E-state index < -0.39 is 22.1 Å². The molecule has 0 saturated carbocycles. The molecule has 182 valence electrons. The van der Waals surface area contributed by atoms with Gasteiger partial charge in [0, 0.05) is 17.2 Å². The number of aliphatic carboxylic acids is 1. The Hall–Kier alpha value is -3.54. The second-order valence-corrected chi connectivity index (χ2v) is 9.05. The molecule has 0 atom stereocenters. The van der Waals surface area contributed by atoms with E-state index in [0.717, 1.165) is 7.11 Å². The van der Waals surface area contributed by atoms with Gasteiger partial charge in [0.05, 0.1) is 23.0 Å². The first-order valence-corrected chi connectivity index (χ1v) is 11.6. The van der Waals surface area contributed by atoms with Gasteiger partial charge in [-0.3, -0.25) is 9.63 Å². The fourth-order valence-electron chi connectivity index (χ4n) is 3.48. The van der Waals surface area contributed by atoms with E-state index in [4.69, 9.17) is 14.7 Å². The molecule has 9 nitrogen and oxygen atoms in total. The summed E-state index contributed by atoms with van der Waals surface area (Å²) in [7, 11) is -3.38. The number of carbonyl (C=O) groups is 2. The molecule has 0 spiro atoms. The number of hydroxylamine groups is 1. The first-order chi connectivity index (χ1) is 16.3. The predicted octanol–water partition coefficient (Wildman–Crippen LogP) is 4.73. The number of sulfonamides is 1. The zero-order chi connectivity index (χ0) is 24.3. The maximum absolute atomic E-state index is 13.1. The molecular weight excluding hydrogens is 540 g/mol. The van der Waals surface area contributed by atoms with Crippen molar-refractivity contribution in [2.24, 2.45) is 0 Å². The van der Waals surface area contributed by atoms with E-state index in [1.54, 1.807) is 48.5 Å². The van der Waals surface area contributed by atoms with Crippen molar-refractivity contribution in [3.8, 4) is 5.75 Å². The van der Waals surface area contributed by atoms with Crippen molar-refractivity contribution in [2.75, 3.05) is 7.11 Å². The number of carboxylic acids is 1. The molecule has 0 bridgehead atoms. The minimum atomic E-state index is -4.42. The molecule has 1 aromatic heterocycles. The molecule has 1 N–H and O–H groups in total. The molecule has 1 amide bonds. The summed E-state index contributed by atoms with van der Waals surface area (Å²) in [6, 6.07) is 19.6. The summed E-state index contributed by atoms with van der Waals surface area (Å²) < 4.78 is 31.9. The van der Waals surface area contributed by atoms with Crippen molar-refractivity contribution in [3.63, 3.8) is 0 Å². The molecule has 35 heavy (non-hydrogen) atoms. The number of aryl methyl sites for hydroxylation is 1. The molecule has 0 radical (unpaired) electrons. The van der Waals surface area contributed by atoms with Crippen LogP contribution in [0.1, 0.15) is 12.0 Å². The normalized spacial score (nSPS) is 11.1. The Morgan fingerprint density at radius 1 is 0.914 bits per heavy atom. The van der Waals surface area contributed by atoms with Gasteiger partial charge >= 0.3 is 12.1 Å². The van der Waals surface area contributed by atoms with Crippen molar-refractivity contribution in [1.29, 1.82) is 0 Å². The molecule has 0 aliphatic heterocycles. The molecular formula is C24H21BrN2O7S. The third-order valence-electron chi connectivity index (χ3n) is 5.11. The van der Waals surface area contributed by atoms with Crippen LogP contribution >= 0.6 is 17.0 Å². The number of amides is 1. The lowest BCUT2D eigenvalue weighted by Gasteiger charge is -2.20. The summed E-state index contributed by atoms with van der Waals surface area (Å²) in [5.74, 6) is -0.798. The van der Waals surface area contributed by atoms with E-state index in [1.807, 2.05) is 0 Å². The average Bonchev–Trinajstić information content (AvgIpc) is 2.83. The van der Waals surface area contributed by atoms with Crippen LogP contribution in [0.4, 0.5) is 4.79 Å². The van der Waals surface area contributed by atoms with E-state index >= 15 is 0 Å². The highest BCUT2D eigenvalue weighted by molar-refractivity contribution is 8.93. The van der Waals surface area contributed by atoms with E-state index in [1.165, 1.54) is 24.3 Å². The molecule has 0 saturated heterocycles. The van der Waals surface area contributed by atoms with Gasteiger partial charge in [0.1, 0.15) is 0 Å². The summed E-state index contributed by atoms with van der Waals surface area (Å²) in [6.07, 6.45) is -1.09. The Bertz CT molecular complexity index is 1440. The van der Waals surface area contributed by atoms with Gasteiger partial charge in [-0.2, -0.15) is 8.42 Å². The van der Waals surface area contributed by atoms with Gasteiger partial charge in [-0.15, -0.1) is 17.0 Å². The van der Waals surface area contributed by atoms with Gasteiger partial charge in [-0.1, -0.05) is 40.9 Å². The molecule has 4 rings (SSSR count). The van der Waals surface area contributed by atoms with Crippen LogP contribution in [0.25, 0.3) is 21.8 Å². The Labute approximate surface area is 211 Å². The van der Waals surface area contributed by atoms with Gasteiger partial charge in [-0.05, 0) is 48.4 Å². The minimum absolute atomic E-state index is 0. The Kier molecular flexibility index (Phi) is 8.05. The van der Waals surface area contributed by atoms with E-state index in [-0.39, 0.29) is 44.9 Å². The molecule has 0 aliphatic rings. The minimum Gasteiger partial charge on any atom is -0.481 e. The highest BCUT2D eigenvalue weighted by atomic mass is 79.9. The number of pyridine rings is 1. The highest BCUT2D eigenvalue weighted by Crippen LogP contribution is 2.33. The topological polar surface area (TPSA) is 123 Å². The smallest absolute Gasteiger partial charge is 0.454 e. The number of carboxylic acid groups (broad SMARTS) is 1. The summed E-state index contributed by atoms with van der Waals surface area (Å²) in [5.41, 5.74) is 1.79. The van der Waals surface area contributed by atoms with Crippen LogP contribution in [0.3, 0.4) is 0 Å². The second-order valence-electron chi connectivity index (χ2n) is 7.30. The lowest BCUT2D eigenvalue weighted by Crippen LogP contribution is -2.38. The summed E-state index contributed by atoms with van der Waals surface area (Å²) in [4.78, 5) is 33.0. The van der Waals surface area contributed by atoms with E-state index in [0.29, 0.717) is 27.4 Å². The van der Waals surface area contributed by atoms with Crippen LogP contribution in [0.5, 0.6) is 5.75 Å². The van der Waals surface area contributed by atoms with Crippen molar-refractivity contribution in [2.45, 2.75) is 17.7 Å². The number of para-hydroxylation sites is 2. The fraction of sp³-hybridized carbons (Fsp3) is 0.125. The van der Waals surface area contributed by atoms with Gasteiger partial charge in [0.15, 0.2) is 5.75 Å². The number of hydrogen-bond donors (Lipinski definition) is 1. The molecule has 11 heteroatoms. The number of halogens is 1. The predicted molar refractivity (Wildman–Crippen MR) is 134 cm³/mol. The van der Waals surface area contributed by atoms with Crippen molar-refractivity contribution in [3.05, 3.63) is 78.4 Å². The van der Waals surface area contributed by atoms with Crippen LogP contribution in [-0.2, 0) is 26.1 Å². The molecule has 0 aliphatic carbocycles. The monoisotopic (exact) mass is 560 g/mol. The maximum Gasteiger partial charge on any atom is 0.454 e. The summed E-state index contributed by atoms with van der Waals surface area (Å²) in [5, 5.41) is 9.87. The summed E-state index contributed by atoms with van der Waals surface area (Å²) in [6.45, 7) is 0. The molecule has 0 unspecified atom stereocenters. The number of fused-ring (bicyclic) bond motifs is 2. The number of rotatable bonds is 7. The van der Waals surface area contributed by atoms with Crippen LogP contribution in [0.15, 0.2) is 77.7 Å². The fourth-order valence-corrected chi connectivity index (χ4v) is 4.58. The highest BCUT2D eigenvalue weighted by Gasteiger charge is 2.32. The van der Waals surface area contributed by atoms with Crippen LogP contribution in [-0.4, -0.2) is 42.1 Å². The number of benzene rings is 3. The Balaban J connectivity index is 0.00000342. The van der Waals surface area contributed by atoms with E-state index in [2.05, 4.69) is 4.98 Å². The standard InChI is InChI=1S/C24H20N2O7S.BrH/c1-32-26(34(30,31)17-13-10-16(11-14-17)12-15-22(27)28)24(29)33-23-18-6-2-4-8-20(18)25-21-9-5-3-7-19(21)23;/h2-11,13-14H,12,15H2,1H3,(H,27,28);1H. The van der Waals surface area contributed by atoms with Crippen molar-refractivity contribution < 1.29 is 32.7 Å². The molecule has 3 aromatic carbocycles. The number of hydrogen-bond acceptors (Lipinski definition) is 7. The quantitative estimate of drug-likeness (QED) is 0.254. The van der Waals surface area contributed by atoms with Gasteiger partial charge in [0.2, 0.25) is 0 Å². The second kappa shape index (κ2) is 10.8. The maximum atomic E-state index is 13.1. The summed E-state index contributed by atoms with van der Waals surface area (Å²) >= 11 is 0. The third kappa shape index (κ3) is 5.42. The lowest BCUT2D eigenvalue weighted by atomic mass is 10.1. The number of ether oxygens (including phenoxy) is 1. The van der Waals surface area contributed by atoms with Gasteiger partial charge < -0.3 is 9.84 Å². The Morgan fingerprint density at radius 3 is 1.97 bits per heavy atom. The van der Waals surface area contributed by atoms with E-state index in [9.17, 15) is 18.0 Å². The largest absolute Gasteiger partial charge is 0.481 e. The van der Waals surface area contributed by atoms with Crippen LogP contribution < -0.4 is 4.74 Å². The van der Waals surface area contributed by atoms with Crippen molar-refractivity contribution >= 4 is 60.9 Å². The van der Waals surface area contributed by atoms with Crippen molar-refractivity contribution in [1.82, 2.24) is 9.45 Å².